The van der Waals surface area contributed by atoms with Gasteiger partial charge in [-0.15, -0.1) is 0 Å². The van der Waals surface area contributed by atoms with Gasteiger partial charge in [-0.3, -0.25) is 0 Å². The van der Waals surface area contributed by atoms with Crippen LogP contribution in [0.5, 0.6) is 0 Å². The van der Waals surface area contributed by atoms with E-state index >= 15 is 0 Å². The lowest BCUT2D eigenvalue weighted by Gasteiger charge is -2.10. The highest BCUT2D eigenvalue weighted by atomic mass is 35.5. The van der Waals surface area contributed by atoms with Crippen LogP contribution in [0.1, 0.15) is 0 Å². The van der Waals surface area contributed by atoms with Gasteiger partial charge in [-0.1, -0.05) is 11.6 Å². The lowest BCUT2D eigenvalue weighted by atomic mass is 10.3. The molecule has 6 nitrogen and oxygen atoms in total. The van der Waals surface area contributed by atoms with Crippen molar-refractivity contribution in [1.82, 2.24) is 4.72 Å². The fraction of sp³-hybridized carbons (Fsp3) is 0.222. The van der Waals surface area contributed by atoms with E-state index in [1.165, 1.54) is 0 Å². The number of carbonyl (C=O) groups is 1. The second kappa shape index (κ2) is 5.61. The standard InChI is InChI=1S/C9H9ClFNO5S/c10-6-2-1-5(11)3-8(6)18(16,17)12-4-7(13)9(14)15/h1-3,7,12-13H,4H2,(H,14,15)/t7-/m0/s1. The largest absolute Gasteiger partial charge is 0.479 e. The van der Waals surface area contributed by atoms with Gasteiger partial charge in [0.1, 0.15) is 10.7 Å². The Labute approximate surface area is 107 Å². The van der Waals surface area contributed by atoms with Gasteiger partial charge in [0.15, 0.2) is 6.10 Å². The molecule has 1 aromatic carbocycles. The van der Waals surface area contributed by atoms with Gasteiger partial charge in [0.2, 0.25) is 10.0 Å². The number of aliphatic carboxylic acids is 1. The van der Waals surface area contributed by atoms with Crippen LogP contribution in [0.15, 0.2) is 23.1 Å². The van der Waals surface area contributed by atoms with Crippen LogP contribution < -0.4 is 4.72 Å². The second-order valence-corrected chi connectivity index (χ2v) is 5.42. The first-order valence-corrected chi connectivity index (χ1v) is 6.46. The van der Waals surface area contributed by atoms with Gasteiger partial charge >= 0.3 is 5.97 Å². The first-order valence-electron chi connectivity index (χ1n) is 4.59. The number of hydrogen-bond donors (Lipinski definition) is 3. The molecule has 100 valence electrons. The Balaban J connectivity index is 2.93. The molecule has 0 aliphatic carbocycles. The molecule has 0 saturated heterocycles. The Morgan fingerprint density at radius 2 is 2.11 bits per heavy atom. The van der Waals surface area contributed by atoms with E-state index < -0.39 is 39.4 Å². The normalized spacial score (nSPS) is 13.3. The zero-order valence-corrected chi connectivity index (χ0v) is 10.4. The summed E-state index contributed by atoms with van der Waals surface area (Å²) in [7, 11) is -4.19. The molecule has 0 aliphatic heterocycles. The maximum atomic E-state index is 12.9. The fourth-order valence-electron chi connectivity index (χ4n) is 1.04. The minimum Gasteiger partial charge on any atom is -0.479 e. The van der Waals surface area contributed by atoms with Crippen LogP contribution in [0.4, 0.5) is 4.39 Å². The van der Waals surface area contributed by atoms with E-state index in [0.29, 0.717) is 6.07 Å². The molecule has 0 aliphatic rings. The zero-order chi connectivity index (χ0) is 13.9. The molecular weight excluding hydrogens is 289 g/mol. The van der Waals surface area contributed by atoms with E-state index in [-0.39, 0.29) is 5.02 Å². The smallest absolute Gasteiger partial charge is 0.333 e. The third-order valence-electron chi connectivity index (χ3n) is 1.93. The van der Waals surface area contributed by atoms with Crippen molar-refractivity contribution in [2.75, 3.05) is 6.54 Å². The number of carboxylic acid groups (broad SMARTS) is 1. The molecule has 1 aromatic rings. The summed E-state index contributed by atoms with van der Waals surface area (Å²) < 4.78 is 38.1. The van der Waals surface area contributed by atoms with E-state index in [9.17, 15) is 17.6 Å². The summed E-state index contributed by atoms with van der Waals surface area (Å²) >= 11 is 5.59. The number of nitrogens with one attached hydrogen (secondary N) is 1. The predicted octanol–water partition coefficient (Wildman–Crippen LogP) is 0.203. The van der Waals surface area contributed by atoms with Gasteiger partial charge in [-0.25, -0.2) is 22.3 Å². The predicted molar refractivity (Wildman–Crippen MR) is 60.2 cm³/mol. The Hall–Kier alpha value is -1.22. The number of aliphatic hydroxyl groups excluding tert-OH is 1. The van der Waals surface area contributed by atoms with Gasteiger partial charge in [0.25, 0.3) is 0 Å². The summed E-state index contributed by atoms with van der Waals surface area (Å²) in [6.45, 7) is -0.746. The topological polar surface area (TPSA) is 104 Å². The van der Waals surface area contributed by atoms with Gasteiger partial charge in [0.05, 0.1) is 5.02 Å². The molecule has 1 atom stereocenters. The van der Waals surface area contributed by atoms with E-state index in [2.05, 4.69) is 0 Å². The lowest BCUT2D eigenvalue weighted by molar-refractivity contribution is -0.146. The summed E-state index contributed by atoms with van der Waals surface area (Å²) in [5.41, 5.74) is 0. The van der Waals surface area contributed by atoms with Crippen LogP contribution in [0.2, 0.25) is 5.02 Å². The molecule has 0 unspecified atom stereocenters. The maximum absolute atomic E-state index is 12.9. The highest BCUT2D eigenvalue weighted by molar-refractivity contribution is 7.89. The van der Waals surface area contributed by atoms with Gasteiger partial charge < -0.3 is 10.2 Å². The van der Waals surface area contributed by atoms with Gasteiger partial charge in [0, 0.05) is 6.54 Å². The first kappa shape index (κ1) is 14.8. The van der Waals surface area contributed by atoms with Crippen molar-refractivity contribution in [1.29, 1.82) is 0 Å². The number of halogens is 2. The molecular formula is C9H9ClFNO5S. The molecule has 9 heteroatoms. The number of carboxylic acids is 1. The van der Waals surface area contributed by atoms with E-state index in [4.69, 9.17) is 21.8 Å². The minimum atomic E-state index is -4.19. The van der Waals surface area contributed by atoms with Gasteiger partial charge in [-0.05, 0) is 18.2 Å². The van der Waals surface area contributed by atoms with Crippen molar-refractivity contribution in [3.63, 3.8) is 0 Å². The third kappa shape index (κ3) is 3.64. The second-order valence-electron chi connectivity index (χ2n) is 3.28. The average molecular weight is 298 g/mol. The van der Waals surface area contributed by atoms with E-state index in [1.807, 2.05) is 4.72 Å². The Morgan fingerprint density at radius 3 is 2.67 bits per heavy atom. The lowest BCUT2D eigenvalue weighted by Crippen LogP contribution is -2.36. The maximum Gasteiger partial charge on any atom is 0.333 e. The van der Waals surface area contributed by atoms with Crippen molar-refractivity contribution in [2.45, 2.75) is 11.0 Å². The minimum absolute atomic E-state index is 0.214. The number of sulfonamides is 1. The molecule has 1 rings (SSSR count). The summed E-state index contributed by atoms with van der Waals surface area (Å²) in [5, 5.41) is 17.1. The number of benzene rings is 1. The van der Waals surface area contributed by atoms with E-state index in [1.54, 1.807) is 0 Å². The SMILES string of the molecule is O=C(O)[C@@H](O)CNS(=O)(=O)c1cc(F)ccc1Cl. The molecule has 3 N–H and O–H groups in total. The summed E-state index contributed by atoms with van der Waals surface area (Å²) in [6, 6.07) is 2.73. The summed E-state index contributed by atoms with van der Waals surface area (Å²) in [6.07, 6.45) is -1.90. The third-order valence-corrected chi connectivity index (χ3v) is 3.84. The molecule has 0 saturated carbocycles. The Bertz CT molecular complexity index is 562. The average Bonchev–Trinajstić information content (AvgIpc) is 2.29. The number of hydrogen-bond acceptors (Lipinski definition) is 4. The quantitative estimate of drug-likeness (QED) is 0.720. The van der Waals surface area contributed by atoms with E-state index in [0.717, 1.165) is 12.1 Å². The molecule has 18 heavy (non-hydrogen) atoms. The van der Waals surface area contributed by atoms with Crippen LogP contribution in [0.25, 0.3) is 0 Å². The first-order chi connectivity index (χ1) is 8.24. The Kier molecular flexibility index (Phi) is 4.63. The molecule has 0 aromatic heterocycles. The van der Waals surface area contributed by atoms with Crippen molar-refractivity contribution >= 4 is 27.6 Å². The van der Waals surface area contributed by atoms with Crippen molar-refractivity contribution in [2.24, 2.45) is 0 Å². The monoisotopic (exact) mass is 297 g/mol. The fourth-order valence-corrected chi connectivity index (χ4v) is 2.58. The molecule has 0 bridgehead atoms. The molecule has 0 radical (unpaired) electrons. The molecule has 0 spiro atoms. The zero-order valence-electron chi connectivity index (χ0n) is 8.80. The van der Waals surface area contributed by atoms with Crippen LogP contribution in [-0.4, -0.2) is 37.2 Å². The molecule has 0 amide bonds. The van der Waals surface area contributed by atoms with Crippen LogP contribution >= 0.6 is 11.6 Å². The molecule has 0 heterocycles. The highest BCUT2D eigenvalue weighted by Crippen LogP contribution is 2.21. The Morgan fingerprint density at radius 1 is 1.50 bits per heavy atom. The van der Waals surface area contributed by atoms with Crippen LogP contribution in [0, 0.1) is 5.82 Å². The van der Waals surface area contributed by atoms with Crippen molar-refractivity contribution < 1.29 is 27.8 Å². The van der Waals surface area contributed by atoms with Crippen molar-refractivity contribution in [3.8, 4) is 0 Å². The summed E-state index contributed by atoms with van der Waals surface area (Å²) in [4.78, 5) is 9.78. The number of rotatable bonds is 5. The van der Waals surface area contributed by atoms with Gasteiger partial charge in [-0.2, -0.15) is 0 Å². The van der Waals surface area contributed by atoms with Crippen molar-refractivity contribution in [3.05, 3.63) is 29.0 Å². The number of aliphatic hydroxyl groups is 1. The summed E-state index contributed by atoms with van der Waals surface area (Å²) in [5.74, 6) is -2.39. The highest BCUT2D eigenvalue weighted by Gasteiger charge is 2.22. The van der Waals surface area contributed by atoms with Crippen LogP contribution in [-0.2, 0) is 14.8 Å². The van der Waals surface area contributed by atoms with Crippen LogP contribution in [0.3, 0.4) is 0 Å². The molecule has 0 fully saturated rings.